The predicted octanol–water partition coefficient (Wildman–Crippen LogP) is 4.40. The van der Waals surface area contributed by atoms with Gasteiger partial charge >= 0.3 is 6.09 Å². The summed E-state index contributed by atoms with van der Waals surface area (Å²) >= 11 is 1.69. The van der Waals surface area contributed by atoms with Gasteiger partial charge in [0.2, 0.25) is 5.91 Å². The Kier molecular flexibility index (Phi) is 8.55. The summed E-state index contributed by atoms with van der Waals surface area (Å²) in [6, 6.07) is 0. The average Bonchev–Trinajstić information content (AvgIpc) is 2.98. The highest BCUT2D eigenvalue weighted by atomic mass is 32.1. The number of nitrogens with one attached hydrogen (secondary N) is 2. The lowest BCUT2D eigenvalue weighted by molar-refractivity contribution is -0.126. The minimum absolute atomic E-state index is 0.0350. The molecule has 2 N–H and O–H groups in total. The molecular weight excluding hydrogens is 424 g/mol. The second-order valence-electron chi connectivity index (χ2n) is 10.4. The molecule has 8 heteroatoms. The summed E-state index contributed by atoms with van der Waals surface area (Å²) in [4.78, 5) is 32.4. The number of likely N-dealkylation sites (tertiary alicyclic amines) is 1. The summed E-state index contributed by atoms with van der Waals surface area (Å²) in [5, 5.41) is 9.54. The van der Waals surface area contributed by atoms with Crippen LogP contribution in [0, 0.1) is 12.8 Å². The number of rotatable bonds is 6. The monoisotopic (exact) mass is 464 g/mol. The van der Waals surface area contributed by atoms with E-state index in [1.165, 1.54) is 12.8 Å². The average molecular weight is 465 g/mol. The molecule has 7 nitrogen and oxygen atoms in total. The van der Waals surface area contributed by atoms with E-state index >= 15 is 0 Å². The van der Waals surface area contributed by atoms with Crippen LogP contribution in [0.1, 0.15) is 82.8 Å². The Morgan fingerprint density at radius 3 is 2.41 bits per heavy atom. The fourth-order valence-corrected chi connectivity index (χ4v) is 5.34. The highest BCUT2D eigenvalue weighted by Crippen LogP contribution is 2.28. The van der Waals surface area contributed by atoms with Gasteiger partial charge in [-0.2, -0.15) is 0 Å². The number of carbonyl (C=O) groups excluding carboxylic acids is 2. The van der Waals surface area contributed by atoms with Gasteiger partial charge in [-0.1, -0.05) is 25.7 Å². The van der Waals surface area contributed by atoms with Gasteiger partial charge in [-0.25, -0.2) is 9.78 Å². The molecule has 1 saturated carbocycles. The molecular formula is C24H40N4O3S. The van der Waals surface area contributed by atoms with Crippen molar-refractivity contribution in [2.45, 2.75) is 96.7 Å². The van der Waals surface area contributed by atoms with E-state index in [2.05, 4.69) is 25.9 Å². The minimum atomic E-state index is -0.537. The van der Waals surface area contributed by atoms with Crippen molar-refractivity contribution < 1.29 is 14.3 Å². The van der Waals surface area contributed by atoms with Crippen molar-refractivity contribution in [2.75, 3.05) is 19.6 Å². The Balaban J connectivity index is 1.50. The van der Waals surface area contributed by atoms with Gasteiger partial charge in [0, 0.05) is 24.4 Å². The largest absolute Gasteiger partial charge is 0.444 e. The van der Waals surface area contributed by atoms with Gasteiger partial charge in [0.25, 0.3) is 0 Å². The number of carbonyl (C=O) groups is 2. The van der Waals surface area contributed by atoms with Crippen LogP contribution in [0.3, 0.4) is 0 Å². The zero-order valence-electron chi connectivity index (χ0n) is 20.2. The van der Waals surface area contributed by atoms with E-state index in [9.17, 15) is 9.59 Å². The van der Waals surface area contributed by atoms with Crippen molar-refractivity contribution in [1.29, 1.82) is 0 Å². The number of hydrogen-bond donors (Lipinski definition) is 2. The number of ether oxygens (including phenoxy) is 1. The van der Waals surface area contributed by atoms with Gasteiger partial charge in [-0.15, -0.1) is 11.3 Å². The number of hydrogen-bond acceptors (Lipinski definition) is 6. The van der Waals surface area contributed by atoms with Gasteiger partial charge in [0.15, 0.2) is 0 Å². The first-order valence-corrected chi connectivity index (χ1v) is 12.9. The number of nitrogens with zero attached hydrogens (tertiary/aromatic N) is 2. The van der Waals surface area contributed by atoms with Gasteiger partial charge in [-0.3, -0.25) is 9.69 Å². The van der Waals surface area contributed by atoms with Gasteiger partial charge in [-0.05, 0) is 66.5 Å². The maximum Gasteiger partial charge on any atom is 0.408 e. The smallest absolute Gasteiger partial charge is 0.408 e. The second-order valence-corrected chi connectivity index (χ2v) is 11.5. The molecule has 2 heterocycles. The molecule has 2 aliphatic rings. The van der Waals surface area contributed by atoms with Crippen LogP contribution in [0.25, 0.3) is 0 Å². The van der Waals surface area contributed by atoms with E-state index in [0.29, 0.717) is 6.54 Å². The molecule has 0 atom stereocenters. The maximum atomic E-state index is 13.0. The Morgan fingerprint density at radius 1 is 1.19 bits per heavy atom. The van der Waals surface area contributed by atoms with Crippen molar-refractivity contribution in [3.05, 3.63) is 16.1 Å². The lowest BCUT2D eigenvalue weighted by Crippen LogP contribution is -2.57. The molecule has 1 aromatic rings. The summed E-state index contributed by atoms with van der Waals surface area (Å²) in [7, 11) is 0. The third-order valence-electron chi connectivity index (χ3n) is 6.44. The van der Waals surface area contributed by atoms with E-state index in [4.69, 9.17) is 4.74 Å². The van der Waals surface area contributed by atoms with E-state index in [0.717, 1.165) is 68.9 Å². The van der Waals surface area contributed by atoms with Gasteiger partial charge in [0.05, 0.1) is 16.2 Å². The highest BCUT2D eigenvalue weighted by Gasteiger charge is 2.35. The van der Waals surface area contributed by atoms with Crippen molar-refractivity contribution >= 4 is 23.3 Å². The van der Waals surface area contributed by atoms with Crippen LogP contribution in [-0.4, -0.2) is 52.7 Å². The molecule has 32 heavy (non-hydrogen) atoms. The van der Waals surface area contributed by atoms with Crippen molar-refractivity contribution in [3.8, 4) is 0 Å². The lowest BCUT2D eigenvalue weighted by Gasteiger charge is -2.36. The number of aryl methyl sites for hydroxylation is 1. The number of thiazole rings is 1. The minimum Gasteiger partial charge on any atom is -0.444 e. The zero-order chi connectivity index (χ0) is 23.2. The fraction of sp³-hybridized carbons (Fsp3) is 0.792. The summed E-state index contributed by atoms with van der Waals surface area (Å²) in [6.07, 6.45) is 7.53. The first kappa shape index (κ1) is 25.0. The SMILES string of the molecule is Cc1nc(CN2CCC(C(=O)NCC3(NC(=O)OC(C)(C)C)CCCCCC3)CC2)cs1. The summed E-state index contributed by atoms with van der Waals surface area (Å²) in [6.45, 7) is 10.8. The predicted molar refractivity (Wildman–Crippen MR) is 128 cm³/mol. The van der Waals surface area contributed by atoms with Crippen LogP contribution in [0.5, 0.6) is 0 Å². The van der Waals surface area contributed by atoms with Crippen LogP contribution in [0.2, 0.25) is 0 Å². The topological polar surface area (TPSA) is 83.6 Å². The Hall–Kier alpha value is -1.67. The molecule has 1 aliphatic heterocycles. The Bertz CT molecular complexity index is 758. The van der Waals surface area contributed by atoms with Crippen molar-refractivity contribution in [1.82, 2.24) is 20.5 Å². The molecule has 3 rings (SSSR count). The molecule has 1 saturated heterocycles. The Labute approximate surface area is 196 Å². The van der Waals surface area contributed by atoms with Crippen molar-refractivity contribution in [2.24, 2.45) is 5.92 Å². The van der Waals surface area contributed by atoms with Crippen LogP contribution < -0.4 is 10.6 Å². The summed E-state index contributed by atoms with van der Waals surface area (Å²) in [5.74, 6) is 0.150. The zero-order valence-corrected chi connectivity index (χ0v) is 21.0. The standard InChI is InChI=1S/C24H40N4O3S/c1-18-26-20(16-32-18)15-28-13-9-19(10-14-28)21(29)25-17-24(11-7-5-6-8-12-24)27-22(30)31-23(2,3)4/h16,19H,5-15,17H2,1-4H3,(H,25,29)(H,27,30). The highest BCUT2D eigenvalue weighted by molar-refractivity contribution is 7.09. The summed E-state index contributed by atoms with van der Waals surface area (Å²) in [5.41, 5.74) is 0.168. The third kappa shape index (κ3) is 7.73. The molecule has 0 radical (unpaired) electrons. The molecule has 2 amide bonds. The quantitative estimate of drug-likeness (QED) is 0.610. The number of aromatic nitrogens is 1. The molecule has 0 aromatic carbocycles. The molecule has 2 fully saturated rings. The Morgan fingerprint density at radius 2 is 1.84 bits per heavy atom. The normalized spacial score (nSPS) is 20.4. The molecule has 180 valence electrons. The number of amides is 2. The fourth-order valence-electron chi connectivity index (χ4n) is 4.74. The first-order valence-electron chi connectivity index (χ1n) is 12.1. The van der Waals surface area contributed by atoms with Gasteiger partial charge < -0.3 is 15.4 Å². The molecule has 1 aliphatic carbocycles. The number of alkyl carbamates (subject to hydrolysis) is 1. The van der Waals surface area contributed by atoms with Crippen LogP contribution >= 0.6 is 11.3 Å². The number of piperidine rings is 1. The van der Waals surface area contributed by atoms with E-state index in [1.807, 2.05) is 27.7 Å². The molecule has 1 aromatic heterocycles. The van der Waals surface area contributed by atoms with E-state index < -0.39 is 11.1 Å². The van der Waals surface area contributed by atoms with E-state index in [-0.39, 0.29) is 17.9 Å². The summed E-state index contributed by atoms with van der Waals surface area (Å²) < 4.78 is 5.52. The molecule has 0 unspecified atom stereocenters. The molecule has 0 spiro atoms. The van der Waals surface area contributed by atoms with E-state index in [1.54, 1.807) is 11.3 Å². The van der Waals surface area contributed by atoms with Crippen molar-refractivity contribution in [3.63, 3.8) is 0 Å². The van der Waals surface area contributed by atoms with Crippen LogP contribution in [-0.2, 0) is 16.1 Å². The molecule has 0 bridgehead atoms. The van der Waals surface area contributed by atoms with Crippen LogP contribution in [0.4, 0.5) is 4.79 Å². The van der Waals surface area contributed by atoms with Crippen LogP contribution in [0.15, 0.2) is 5.38 Å². The maximum absolute atomic E-state index is 13.0. The first-order chi connectivity index (χ1) is 15.1. The second kappa shape index (κ2) is 11.0. The van der Waals surface area contributed by atoms with Gasteiger partial charge in [0.1, 0.15) is 5.60 Å². The third-order valence-corrected chi connectivity index (χ3v) is 7.26. The lowest BCUT2D eigenvalue weighted by atomic mass is 9.89.